The van der Waals surface area contributed by atoms with Gasteiger partial charge in [0.25, 0.3) is 0 Å². The van der Waals surface area contributed by atoms with Crippen molar-refractivity contribution in [3.8, 4) is 0 Å². The SMILES string of the molecule is CCc1ccc(CN2CCC(N3CCCC(C)C3)CC2)cc1.O=C(O)C(=O)O. The molecular weight excluding hydrogens is 356 g/mol. The van der Waals surface area contributed by atoms with Gasteiger partial charge in [-0.25, -0.2) is 9.59 Å². The molecule has 0 aromatic heterocycles. The molecule has 1 aromatic carbocycles. The Bertz CT molecular complexity index is 612. The van der Waals surface area contributed by atoms with Gasteiger partial charge in [0, 0.05) is 19.1 Å². The van der Waals surface area contributed by atoms with Crippen LogP contribution in [0.15, 0.2) is 24.3 Å². The lowest BCUT2D eigenvalue weighted by Crippen LogP contribution is -2.47. The highest BCUT2D eigenvalue weighted by molar-refractivity contribution is 6.27. The maximum atomic E-state index is 9.10. The van der Waals surface area contributed by atoms with Crippen LogP contribution < -0.4 is 0 Å². The van der Waals surface area contributed by atoms with Crippen molar-refractivity contribution in [1.82, 2.24) is 9.80 Å². The fourth-order valence-electron chi connectivity index (χ4n) is 4.14. The highest BCUT2D eigenvalue weighted by atomic mass is 16.4. The van der Waals surface area contributed by atoms with E-state index < -0.39 is 11.9 Å². The van der Waals surface area contributed by atoms with Gasteiger partial charge in [0.15, 0.2) is 0 Å². The van der Waals surface area contributed by atoms with Gasteiger partial charge in [-0.15, -0.1) is 0 Å². The summed E-state index contributed by atoms with van der Waals surface area (Å²) in [7, 11) is 0. The fraction of sp³-hybridized carbons (Fsp3) is 0.636. The van der Waals surface area contributed by atoms with Crippen molar-refractivity contribution >= 4 is 11.9 Å². The van der Waals surface area contributed by atoms with Gasteiger partial charge >= 0.3 is 11.9 Å². The number of hydrogen-bond acceptors (Lipinski definition) is 4. The number of aliphatic carboxylic acids is 2. The van der Waals surface area contributed by atoms with E-state index in [-0.39, 0.29) is 0 Å². The van der Waals surface area contributed by atoms with Crippen molar-refractivity contribution < 1.29 is 19.8 Å². The van der Waals surface area contributed by atoms with Crippen LogP contribution >= 0.6 is 0 Å². The number of carbonyl (C=O) groups is 2. The molecule has 28 heavy (non-hydrogen) atoms. The first kappa shape index (κ1) is 22.4. The normalized spacial score (nSPS) is 21.6. The molecule has 3 rings (SSSR count). The first-order valence-electron chi connectivity index (χ1n) is 10.4. The number of piperidine rings is 2. The molecule has 0 bridgehead atoms. The van der Waals surface area contributed by atoms with Crippen molar-refractivity contribution in [1.29, 1.82) is 0 Å². The molecule has 156 valence electrons. The zero-order valence-electron chi connectivity index (χ0n) is 17.1. The molecule has 1 unspecified atom stereocenters. The Morgan fingerprint density at radius 2 is 1.54 bits per heavy atom. The summed E-state index contributed by atoms with van der Waals surface area (Å²) in [6.07, 6.45) is 6.70. The summed E-state index contributed by atoms with van der Waals surface area (Å²) < 4.78 is 0. The number of aryl methyl sites for hydroxylation is 1. The second kappa shape index (κ2) is 11.2. The van der Waals surface area contributed by atoms with Crippen LogP contribution in [0.1, 0.15) is 50.7 Å². The third-order valence-corrected chi connectivity index (χ3v) is 5.78. The molecule has 2 aliphatic rings. The van der Waals surface area contributed by atoms with Gasteiger partial charge < -0.3 is 15.1 Å². The average Bonchev–Trinajstić information content (AvgIpc) is 2.69. The van der Waals surface area contributed by atoms with E-state index in [1.54, 1.807) is 0 Å². The lowest BCUT2D eigenvalue weighted by Gasteiger charge is -2.41. The van der Waals surface area contributed by atoms with Gasteiger partial charge in [0.2, 0.25) is 0 Å². The number of carboxylic acids is 2. The van der Waals surface area contributed by atoms with Crippen LogP contribution in [0.5, 0.6) is 0 Å². The van der Waals surface area contributed by atoms with Gasteiger partial charge in [-0.05, 0) is 68.8 Å². The Hall–Kier alpha value is -1.92. The predicted octanol–water partition coefficient (Wildman–Crippen LogP) is 3.10. The molecule has 0 amide bonds. The summed E-state index contributed by atoms with van der Waals surface area (Å²) >= 11 is 0. The number of benzene rings is 1. The van der Waals surface area contributed by atoms with Crippen LogP contribution in [0.3, 0.4) is 0 Å². The van der Waals surface area contributed by atoms with Crippen molar-refractivity contribution in [2.75, 3.05) is 26.2 Å². The first-order chi connectivity index (χ1) is 13.4. The maximum Gasteiger partial charge on any atom is 0.414 e. The third kappa shape index (κ3) is 7.24. The van der Waals surface area contributed by atoms with Crippen LogP contribution in [-0.4, -0.2) is 64.2 Å². The van der Waals surface area contributed by atoms with Gasteiger partial charge in [0.1, 0.15) is 0 Å². The molecule has 1 atom stereocenters. The fourth-order valence-corrected chi connectivity index (χ4v) is 4.14. The smallest absolute Gasteiger partial charge is 0.414 e. The number of hydrogen-bond donors (Lipinski definition) is 2. The molecule has 2 saturated heterocycles. The lowest BCUT2D eigenvalue weighted by molar-refractivity contribution is -0.159. The minimum absolute atomic E-state index is 0.849. The van der Waals surface area contributed by atoms with Crippen LogP contribution in [0.2, 0.25) is 0 Å². The molecule has 6 nitrogen and oxygen atoms in total. The van der Waals surface area contributed by atoms with Gasteiger partial charge in [-0.2, -0.15) is 0 Å². The summed E-state index contributed by atoms with van der Waals surface area (Å²) in [6.45, 7) is 11.0. The molecule has 2 heterocycles. The van der Waals surface area contributed by atoms with Gasteiger partial charge in [-0.1, -0.05) is 38.1 Å². The van der Waals surface area contributed by atoms with E-state index >= 15 is 0 Å². The Balaban J connectivity index is 0.000000409. The highest BCUT2D eigenvalue weighted by Gasteiger charge is 2.27. The van der Waals surface area contributed by atoms with Crippen molar-refractivity contribution in [3.63, 3.8) is 0 Å². The first-order valence-corrected chi connectivity index (χ1v) is 10.4. The quantitative estimate of drug-likeness (QED) is 0.769. The van der Waals surface area contributed by atoms with E-state index in [9.17, 15) is 0 Å². The van der Waals surface area contributed by atoms with E-state index in [4.69, 9.17) is 19.8 Å². The summed E-state index contributed by atoms with van der Waals surface area (Å²) in [5, 5.41) is 14.8. The second-order valence-electron chi connectivity index (χ2n) is 8.03. The molecule has 2 fully saturated rings. The summed E-state index contributed by atoms with van der Waals surface area (Å²) in [5.41, 5.74) is 2.92. The largest absolute Gasteiger partial charge is 0.473 e. The molecular formula is C22H34N2O4. The Kier molecular flexibility index (Phi) is 8.93. The van der Waals surface area contributed by atoms with E-state index in [0.717, 1.165) is 24.9 Å². The predicted molar refractivity (Wildman–Crippen MR) is 109 cm³/mol. The topological polar surface area (TPSA) is 81.1 Å². The molecule has 2 aliphatic heterocycles. The minimum atomic E-state index is -1.82. The molecule has 1 aromatic rings. The van der Waals surface area contributed by atoms with E-state index in [2.05, 4.69) is 47.9 Å². The van der Waals surface area contributed by atoms with Gasteiger partial charge in [-0.3, -0.25) is 4.90 Å². The molecule has 0 radical (unpaired) electrons. The highest BCUT2D eigenvalue weighted by Crippen LogP contribution is 2.24. The van der Waals surface area contributed by atoms with Crippen molar-refractivity contribution in [3.05, 3.63) is 35.4 Å². The third-order valence-electron chi connectivity index (χ3n) is 5.78. The number of likely N-dealkylation sites (tertiary alicyclic amines) is 2. The zero-order chi connectivity index (χ0) is 20.5. The van der Waals surface area contributed by atoms with Gasteiger partial charge in [0.05, 0.1) is 0 Å². The standard InChI is InChI=1S/C20H32N2.C2H2O4/c1-3-18-6-8-19(9-7-18)16-21-13-10-20(11-14-21)22-12-4-5-17(2)15-22;3-1(4)2(5)6/h6-9,17,20H,3-5,10-16H2,1-2H3;(H,3,4)(H,5,6). The maximum absolute atomic E-state index is 9.10. The molecule has 6 heteroatoms. The lowest BCUT2D eigenvalue weighted by atomic mass is 9.95. The van der Waals surface area contributed by atoms with Crippen molar-refractivity contribution in [2.24, 2.45) is 5.92 Å². The second-order valence-corrected chi connectivity index (χ2v) is 8.03. The minimum Gasteiger partial charge on any atom is -0.473 e. The number of carboxylic acid groups (broad SMARTS) is 2. The summed E-state index contributed by atoms with van der Waals surface area (Å²) in [6, 6.07) is 10.1. The van der Waals surface area contributed by atoms with E-state index in [1.807, 2.05) is 0 Å². The van der Waals surface area contributed by atoms with Crippen molar-refractivity contribution in [2.45, 2.75) is 58.5 Å². The average molecular weight is 391 g/mol. The van der Waals surface area contributed by atoms with Crippen LogP contribution in [0.4, 0.5) is 0 Å². The number of nitrogens with zero attached hydrogens (tertiary/aromatic N) is 2. The molecule has 2 N–H and O–H groups in total. The van der Waals surface area contributed by atoms with E-state index in [1.165, 1.54) is 63.0 Å². The Morgan fingerprint density at radius 3 is 2.04 bits per heavy atom. The van der Waals surface area contributed by atoms with Crippen LogP contribution in [-0.2, 0) is 22.6 Å². The Labute approximate surface area is 168 Å². The molecule has 0 spiro atoms. The molecule has 0 aliphatic carbocycles. The van der Waals surface area contributed by atoms with Crippen LogP contribution in [0, 0.1) is 5.92 Å². The summed E-state index contributed by atoms with van der Waals surface area (Å²) in [4.78, 5) is 23.6. The van der Waals surface area contributed by atoms with Crippen LogP contribution in [0.25, 0.3) is 0 Å². The zero-order valence-corrected chi connectivity index (χ0v) is 17.1. The molecule has 0 saturated carbocycles. The monoisotopic (exact) mass is 390 g/mol. The number of rotatable bonds is 4. The Morgan fingerprint density at radius 1 is 0.964 bits per heavy atom. The van der Waals surface area contributed by atoms with E-state index in [0.29, 0.717) is 0 Å². The summed E-state index contributed by atoms with van der Waals surface area (Å²) in [5.74, 6) is -2.74.